The zero-order valence-corrected chi connectivity index (χ0v) is 43.9. The molecule has 0 radical (unpaired) electrons. The summed E-state index contributed by atoms with van der Waals surface area (Å²) in [6, 6.07) is 13.7. The van der Waals surface area contributed by atoms with Gasteiger partial charge in [0.1, 0.15) is 47.7 Å². The van der Waals surface area contributed by atoms with Crippen molar-refractivity contribution < 1.29 is 67.2 Å². The average molecular weight is 1080 g/mol. The van der Waals surface area contributed by atoms with E-state index in [4.69, 9.17) is 41.3 Å². The fourth-order valence-electron chi connectivity index (χ4n) is 7.86. The Bertz CT molecular complexity index is 2760. The van der Waals surface area contributed by atoms with Gasteiger partial charge >= 0.3 is 5.97 Å². The molecule has 0 bridgehead atoms. The Kier molecular flexibility index (Phi) is 25.3. The second kappa shape index (κ2) is 31.9. The highest BCUT2D eigenvalue weighted by Gasteiger charge is 2.28. The second-order valence-electron chi connectivity index (χ2n) is 17.4. The van der Waals surface area contributed by atoms with Crippen LogP contribution in [-0.2, 0) is 24.0 Å². The predicted octanol–water partition coefficient (Wildman–Crippen LogP) is 2.70. The van der Waals surface area contributed by atoms with Crippen LogP contribution in [0.25, 0.3) is 0 Å². The molecular formula is C53H69N11O14. The lowest BCUT2D eigenvalue weighted by molar-refractivity contribution is -0.135. The van der Waals surface area contributed by atoms with E-state index in [1.165, 1.54) is 95.2 Å². The summed E-state index contributed by atoms with van der Waals surface area (Å²) in [6.45, 7) is 0.301. The van der Waals surface area contributed by atoms with Crippen molar-refractivity contribution in [1.29, 1.82) is 0 Å². The normalized spacial score (nSPS) is 11.8. The molecule has 78 heavy (non-hydrogen) atoms. The summed E-state index contributed by atoms with van der Waals surface area (Å²) in [5, 5.41) is 30.2. The molecule has 25 nitrogen and oxygen atoms in total. The molecule has 0 aliphatic rings. The molecule has 0 aliphatic heterocycles. The molecule has 4 aromatic carbocycles. The van der Waals surface area contributed by atoms with Crippen LogP contribution in [0.15, 0.2) is 72.8 Å². The number of nitrogens with one attached hydrogen (secondary N) is 8. The van der Waals surface area contributed by atoms with E-state index in [-0.39, 0.29) is 81.6 Å². The van der Waals surface area contributed by atoms with Crippen molar-refractivity contribution in [3.05, 3.63) is 95.1 Å². The van der Waals surface area contributed by atoms with Crippen molar-refractivity contribution >= 4 is 76.5 Å². The number of nitrogens with two attached hydrogens (primary N) is 3. The van der Waals surface area contributed by atoms with Gasteiger partial charge in [-0.15, -0.1) is 0 Å². The van der Waals surface area contributed by atoms with Gasteiger partial charge in [-0.1, -0.05) is 0 Å². The van der Waals surface area contributed by atoms with Crippen LogP contribution in [0.5, 0.6) is 23.0 Å². The highest BCUT2D eigenvalue weighted by Crippen LogP contribution is 2.28. The molecule has 0 heterocycles. The number of hydrogen-bond donors (Lipinski definition) is 12. The number of rotatable bonds is 33. The van der Waals surface area contributed by atoms with E-state index in [9.17, 15) is 43.2 Å². The number of unbranched alkanes of at least 4 members (excludes halogenated alkanes) is 3. The molecule has 8 amide bonds. The van der Waals surface area contributed by atoms with Gasteiger partial charge in [-0.25, -0.2) is 0 Å². The first-order chi connectivity index (χ1) is 37.5. The molecule has 420 valence electrons. The maximum atomic E-state index is 14.2. The number of hydrogen-bond acceptors (Lipinski definition) is 16. The average Bonchev–Trinajstić information content (AvgIpc) is 3.44. The van der Waals surface area contributed by atoms with Gasteiger partial charge in [0.15, 0.2) is 0 Å². The van der Waals surface area contributed by atoms with E-state index in [0.29, 0.717) is 70.3 Å². The molecule has 0 spiro atoms. The lowest BCUT2D eigenvalue weighted by Crippen LogP contribution is -2.44. The first-order valence-corrected chi connectivity index (χ1v) is 24.9. The van der Waals surface area contributed by atoms with Crippen LogP contribution < -0.4 is 78.7 Å². The minimum absolute atomic E-state index is 0.0537. The van der Waals surface area contributed by atoms with Crippen LogP contribution in [0, 0.1) is 0 Å². The Morgan fingerprint density at radius 1 is 0.462 bits per heavy atom. The van der Waals surface area contributed by atoms with Gasteiger partial charge in [0.25, 0.3) is 23.6 Å². The van der Waals surface area contributed by atoms with Gasteiger partial charge < -0.3 is 83.8 Å². The van der Waals surface area contributed by atoms with Crippen molar-refractivity contribution in [3.63, 3.8) is 0 Å². The summed E-state index contributed by atoms with van der Waals surface area (Å²) in [6.07, 6.45) is 3.82. The van der Waals surface area contributed by atoms with Crippen LogP contribution in [0.4, 0.5) is 22.7 Å². The largest absolute Gasteiger partial charge is 0.496 e. The van der Waals surface area contributed by atoms with Gasteiger partial charge in [0, 0.05) is 22.7 Å². The summed E-state index contributed by atoms with van der Waals surface area (Å²) >= 11 is 0. The van der Waals surface area contributed by atoms with E-state index in [0.717, 1.165) is 0 Å². The lowest BCUT2D eigenvalue weighted by Gasteiger charge is -2.22. The molecule has 3 atom stereocenters. The second-order valence-corrected chi connectivity index (χ2v) is 17.4. The third-order valence-electron chi connectivity index (χ3n) is 11.9. The molecule has 25 heteroatoms. The molecule has 4 rings (SSSR count). The number of carboxylic acids is 1. The molecule has 4 aromatic rings. The number of amides is 8. The van der Waals surface area contributed by atoms with Gasteiger partial charge in [-0.2, -0.15) is 0 Å². The molecule has 0 saturated carbocycles. The summed E-state index contributed by atoms with van der Waals surface area (Å²) in [7, 11) is 5.36. The van der Waals surface area contributed by atoms with Gasteiger partial charge in [0.05, 0.1) is 50.7 Å². The Balaban J connectivity index is 1.56. The van der Waals surface area contributed by atoms with Crippen LogP contribution in [0.3, 0.4) is 0 Å². The molecule has 0 unspecified atom stereocenters. The lowest BCUT2D eigenvalue weighted by atomic mass is 10.1. The maximum Gasteiger partial charge on any atom is 0.322 e. The number of carbonyl (C=O) groups excluding carboxylic acids is 8. The molecule has 0 fully saturated rings. The topological polar surface area (TPSA) is 385 Å². The summed E-state index contributed by atoms with van der Waals surface area (Å²) in [4.78, 5) is 119. The molecule has 0 aromatic heterocycles. The highest BCUT2D eigenvalue weighted by molar-refractivity contribution is 6.07. The summed E-state index contributed by atoms with van der Waals surface area (Å²) < 4.78 is 21.6. The van der Waals surface area contributed by atoms with E-state index >= 15 is 0 Å². The minimum Gasteiger partial charge on any atom is -0.496 e. The molecule has 0 aliphatic carbocycles. The van der Waals surface area contributed by atoms with Crippen LogP contribution in [0.1, 0.15) is 99.2 Å². The van der Waals surface area contributed by atoms with Gasteiger partial charge in [-0.3, -0.25) is 43.2 Å². The number of benzene rings is 4. The van der Waals surface area contributed by atoms with Gasteiger partial charge in [-0.05, 0) is 150 Å². The molecule has 15 N–H and O–H groups in total. The summed E-state index contributed by atoms with van der Waals surface area (Å²) in [5.74, 6) is -5.65. The predicted molar refractivity (Wildman–Crippen MR) is 290 cm³/mol. The Labute approximate surface area is 450 Å². The fourth-order valence-corrected chi connectivity index (χ4v) is 7.86. The number of methoxy groups -OCH3 is 4. The van der Waals surface area contributed by atoms with E-state index in [1.54, 1.807) is 6.07 Å². The SMILES string of the molecule is COc1ccc(NC(=O)[C@H](CCCCN)NC(=O)c2cc(NC(=O)[C@H](CCCCN)NC(=O)c3cc(NC(=O)[C@H](CCCCN)NC(=O)c4cc(NC=O)ccc4OC)ccc3OC)ccc2OC)cc1C(=O)NCC(=O)O. The Morgan fingerprint density at radius 2 is 0.756 bits per heavy atom. The number of carbonyl (C=O) groups is 9. The zero-order chi connectivity index (χ0) is 57.1. The number of ether oxygens (including phenoxy) is 4. The smallest absolute Gasteiger partial charge is 0.322 e. The van der Waals surface area contributed by atoms with Crippen LogP contribution in [0.2, 0.25) is 0 Å². The van der Waals surface area contributed by atoms with Crippen molar-refractivity contribution in [2.24, 2.45) is 17.2 Å². The van der Waals surface area contributed by atoms with Crippen LogP contribution >= 0.6 is 0 Å². The van der Waals surface area contributed by atoms with Crippen molar-refractivity contribution in [2.45, 2.75) is 75.9 Å². The quantitative estimate of drug-likeness (QED) is 0.0241. The number of carboxylic acid groups (broad SMARTS) is 1. The number of aliphatic carboxylic acids is 1. The zero-order valence-electron chi connectivity index (χ0n) is 43.9. The Hall–Kier alpha value is -8.81. The standard InChI is InChI=1S/C53H69N11O14/c1-75-42-19-15-32(26-35(42)47(68)57-29-46(66)67)59-51(72)40(12-6-9-23-55)63-49(70)37-28-34(17-21-44(37)77-3)61-53(74)41(13-7-10-24-56)64-50(71)38-27-33(16-20-45(38)78-4)60-52(73)39(11-5-8-22-54)62-48(69)36-25-31(58-30-65)14-18-43(36)76-2/h14-21,25-28,30,39-41H,5-13,22-24,29,54-56H2,1-4H3,(H,57,68)(H,58,65)(H,59,72)(H,60,73)(H,61,74)(H,62,69)(H,63,70)(H,64,71)(H,66,67)/t39-,40-,41-/m0/s1. The molecule has 0 saturated heterocycles. The fraction of sp³-hybridized carbons (Fsp3) is 0.377. The van der Waals surface area contributed by atoms with Crippen LogP contribution in [-0.4, -0.2) is 132 Å². The maximum absolute atomic E-state index is 14.2. The summed E-state index contributed by atoms with van der Waals surface area (Å²) in [5.41, 5.74) is 17.9. The van der Waals surface area contributed by atoms with E-state index in [1.807, 2.05) is 0 Å². The highest BCUT2D eigenvalue weighted by atomic mass is 16.5. The van der Waals surface area contributed by atoms with Crippen molar-refractivity contribution in [2.75, 3.05) is 75.9 Å². The Morgan fingerprint density at radius 3 is 1.04 bits per heavy atom. The first-order valence-electron chi connectivity index (χ1n) is 24.9. The minimum atomic E-state index is -1.27. The molecular weight excluding hydrogens is 1010 g/mol. The third kappa shape index (κ3) is 18.5. The number of anilines is 4. The van der Waals surface area contributed by atoms with E-state index in [2.05, 4.69) is 42.5 Å². The third-order valence-corrected chi connectivity index (χ3v) is 11.9. The van der Waals surface area contributed by atoms with Crippen molar-refractivity contribution in [3.8, 4) is 23.0 Å². The first kappa shape index (κ1) is 61.7. The monoisotopic (exact) mass is 1080 g/mol. The van der Waals surface area contributed by atoms with E-state index < -0.39 is 72.0 Å². The van der Waals surface area contributed by atoms with Gasteiger partial charge in [0.2, 0.25) is 24.1 Å². The van der Waals surface area contributed by atoms with Crippen molar-refractivity contribution in [1.82, 2.24) is 21.3 Å².